The molecule has 0 bridgehead atoms. The summed E-state index contributed by atoms with van der Waals surface area (Å²) < 4.78 is 10.5. The number of carbonyl (C=O) groups is 1. The SMILES string of the molecule is COc1cc([C@@H]2C[C@H]2C(=O)O)cc(OC)c1C. The normalized spacial score (nSPS) is 22.1. The number of ether oxygens (including phenoxy) is 2. The van der Waals surface area contributed by atoms with Crippen LogP contribution in [0.1, 0.15) is 23.5 Å². The van der Waals surface area contributed by atoms with Crippen molar-refractivity contribution in [3.63, 3.8) is 0 Å². The van der Waals surface area contributed by atoms with Crippen molar-refractivity contribution >= 4 is 5.97 Å². The molecule has 0 unspecified atom stereocenters. The average Bonchev–Trinajstić information content (AvgIpc) is 3.09. The number of rotatable bonds is 4. The molecular formula is C13H16O4. The lowest BCUT2D eigenvalue weighted by molar-refractivity contribution is -0.138. The van der Waals surface area contributed by atoms with Gasteiger partial charge in [0.2, 0.25) is 0 Å². The van der Waals surface area contributed by atoms with Gasteiger partial charge < -0.3 is 14.6 Å². The summed E-state index contributed by atoms with van der Waals surface area (Å²) in [4.78, 5) is 10.9. The lowest BCUT2D eigenvalue weighted by atomic mass is 10.0. The zero-order valence-corrected chi connectivity index (χ0v) is 10.2. The van der Waals surface area contributed by atoms with E-state index in [-0.39, 0.29) is 11.8 Å². The molecule has 4 heteroatoms. The average molecular weight is 236 g/mol. The molecule has 1 fully saturated rings. The van der Waals surface area contributed by atoms with Crippen LogP contribution in [0.15, 0.2) is 12.1 Å². The standard InChI is InChI=1S/C13H16O4/c1-7-11(16-2)4-8(5-12(7)17-3)9-6-10(9)13(14)15/h4-5,9-10H,6H2,1-3H3,(H,14,15)/t9-,10+/m0/s1. The lowest BCUT2D eigenvalue weighted by Gasteiger charge is -2.12. The molecule has 0 amide bonds. The summed E-state index contributed by atoms with van der Waals surface area (Å²) in [6, 6.07) is 3.82. The van der Waals surface area contributed by atoms with Gasteiger partial charge in [-0.15, -0.1) is 0 Å². The third-order valence-electron chi connectivity index (χ3n) is 3.31. The van der Waals surface area contributed by atoms with Gasteiger partial charge in [-0.2, -0.15) is 0 Å². The first-order chi connectivity index (χ1) is 8.08. The van der Waals surface area contributed by atoms with Crippen LogP contribution in [0.2, 0.25) is 0 Å². The summed E-state index contributed by atoms with van der Waals surface area (Å²) in [5, 5.41) is 8.93. The summed E-state index contributed by atoms with van der Waals surface area (Å²) in [5.41, 5.74) is 1.92. The first kappa shape index (κ1) is 11.8. The number of hydrogen-bond acceptors (Lipinski definition) is 3. The summed E-state index contributed by atoms with van der Waals surface area (Å²) >= 11 is 0. The van der Waals surface area contributed by atoms with E-state index in [4.69, 9.17) is 14.6 Å². The highest BCUT2D eigenvalue weighted by molar-refractivity contribution is 5.75. The molecule has 17 heavy (non-hydrogen) atoms. The van der Waals surface area contributed by atoms with Gasteiger partial charge in [0.25, 0.3) is 0 Å². The van der Waals surface area contributed by atoms with Gasteiger partial charge in [-0.1, -0.05) is 0 Å². The quantitative estimate of drug-likeness (QED) is 0.870. The monoisotopic (exact) mass is 236 g/mol. The van der Waals surface area contributed by atoms with Gasteiger partial charge in [-0.25, -0.2) is 0 Å². The van der Waals surface area contributed by atoms with E-state index in [2.05, 4.69) is 0 Å². The molecule has 0 spiro atoms. The smallest absolute Gasteiger partial charge is 0.307 e. The highest BCUT2D eigenvalue weighted by atomic mass is 16.5. The van der Waals surface area contributed by atoms with Gasteiger partial charge in [0.1, 0.15) is 11.5 Å². The highest BCUT2D eigenvalue weighted by Gasteiger charge is 2.44. The van der Waals surface area contributed by atoms with Gasteiger partial charge >= 0.3 is 5.97 Å². The maximum absolute atomic E-state index is 10.9. The van der Waals surface area contributed by atoms with Crippen LogP contribution in [0.25, 0.3) is 0 Å². The Morgan fingerprint density at radius 1 is 1.29 bits per heavy atom. The summed E-state index contributed by atoms with van der Waals surface area (Å²) in [6.45, 7) is 1.92. The molecule has 1 saturated carbocycles. The van der Waals surface area contributed by atoms with Crippen molar-refractivity contribution < 1.29 is 19.4 Å². The summed E-state index contributed by atoms with van der Waals surface area (Å²) in [7, 11) is 3.21. The topological polar surface area (TPSA) is 55.8 Å². The van der Waals surface area contributed by atoms with Gasteiger partial charge in [-0.05, 0) is 37.0 Å². The molecule has 4 nitrogen and oxygen atoms in total. The molecule has 0 saturated heterocycles. The molecule has 0 radical (unpaired) electrons. The van der Waals surface area contributed by atoms with Crippen molar-refractivity contribution in [1.29, 1.82) is 0 Å². The minimum Gasteiger partial charge on any atom is -0.496 e. The predicted octanol–water partition coefficient (Wildman–Crippen LogP) is 2.20. The fraction of sp³-hybridized carbons (Fsp3) is 0.462. The maximum Gasteiger partial charge on any atom is 0.307 e. The van der Waals surface area contributed by atoms with Crippen molar-refractivity contribution in [1.82, 2.24) is 0 Å². The number of methoxy groups -OCH3 is 2. The van der Waals surface area contributed by atoms with E-state index in [1.54, 1.807) is 14.2 Å². The van der Waals surface area contributed by atoms with E-state index in [1.165, 1.54) is 0 Å². The van der Waals surface area contributed by atoms with Crippen molar-refractivity contribution in [3.05, 3.63) is 23.3 Å². The second-order valence-electron chi connectivity index (χ2n) is 4.34. The van der Waals surface area contributed by atoms with E-state index in [9.17, 15) is 4.79 Å². The number of hydrogen-bond donors (Lipinski definition) is 1. The van der Waals surface area contributed by atoms with Crippen LogP contribution >= 0.6 is 0 Å². The predicted molar refractivity (Wildman–Crippen MR) is 62.8 cm³/mol. The van der Waals surface area contributed by atoms with Gasteiger partial charge in [0.05, 0.1) is 20.1 Å². The van der Waals surface area contributed by atoms with E-state index in [0.29, 0.717) is 6.42 Å². The van der Waals surface area contributed by atoms with Crippen LogP contribution in [-0.4, -0.2) is 25.3 Å². The van der Waals surface area contributed by atoms with Gasteiger partial charge in [0.15, 0.2) is 0 Å². The Bertz CT molecular complexity index is 428. The van der Waals surface area contributed by atoms with E-state index >= 15 is 0 Å². The Hall–Kier alpha value is -1.71. The molecular weight excluding hydrogens is 220 g/mol. The molecule has 0 aliphatic heterocycles. The van der Waals surface area contributed by atoms with Crippen molar-refractivity contribution in [2.24, 2.45) is 5.92 Å². The Balaban J connectivity index is 2.33. The second kappa shape index (κ2) is 4.28. The van der Waals surface area contributed by atoms with E-state index < -0.39 is 5.97 Å². The fourth-order valence-corrected chi connectivity index (χ4v) is 2.16. The molecule has 2 atom stereocenters. The zero-order chi connectivity index (χ0) is 12.6. The molecule has 1 aromatic rings. The molecule has 92 valence electrons. The molecule has 1 aliphatic rings. The first-order valence-electron chi connectivity index (χ1n) is 5.53. The van der Waals surface area contributed by atoms with Crippen LogP contribution < -0.4 is 9.47 Å². The Kier molecular flexibility index (Phi) is 2.96. The summed E-state index contributed by atoms with van der Waals surface area (Å²) in [5.74, 6) is 0.599. The van der Waals surface area contributed by atoms with Crippen LogP contribution in [0.4, 0.5) is 0 Å². The minimum absolute atomic E-state index is 0.0934. The van der Waals surface area contributed by atoms with Crippen molar-refractivity contribution in [2.45, 2.75) is 19.3 Å². The van der Waals surface area contributed by atoms with Crippen LogP contribution in [-0.2, 0) is 4.79 Å². The zero-order valence-electron chi connectivity index (χ0n) is 10.2. The molecule has 1 aliphatic carbocycles. The van der Waals surface area contributed by atoms with Gasteiger partial charge in [0, 0.05) is 5.56 Å². The molecule has 1 aromatic carbocycles. The van der Waals surface area contributed by atoms with Crippen molar-refractivity contribution in [3.8, 4) is 11.5 Å². The lowest BCUT2D eigenvalue weighted by Crippen LogP contribution is -2.00. The Labute approximate surface area is 100 Å². The highest BCUT2D eigenvalue weighted by Crippen LogP contribution is 2.49. The number of carboxylic acids is 1. The van der Waals surface area contributed by atoms with E-state index in [0.717, 1.165) is 22.6 Å². The van der Waals surface area contributed by atoms with Gasteiger partial charge in [-0.3, -0.25) is 4.79 Å². The fourth-order valence-electron chi connectivity index (χ4n) is 2.16. The van der Waals surface area contributed by atoms with E-state index in [1.807, 2.05) is 19.1 Å². The third kappa shape index (κ3) is 2.07. The largest absolute Gasteiger partial charge is 0.496 e. The maximum atomic E-state index is 10.9. The van der Waals surface area contributed by atoms with Crippen LogP contribution in [0.3, 0.4) is 0 Å². The molecule has 0 heterocycles. The van der Waals surface area contributed by atoms with Crippen LogP contribution in [0.5, 0.6) is 11.5 Å². The molecule has 2 rings (SSSR count). The summed E-state index contributed by atoms with van der Waals surface area (Å²) in [6.07, 6.45) is 0.699. The number of benzene rings is 1. The first-order valence-corrected chi connectivity index (χ1v) is 5.53. The number of carboxylic acid groups (broad SMARTS) is 1. The molecule has 0 aromatic heterocycles. The number of aliphatic carboxylic acids is 1. The third-order valence-corrected chi connectivity index (χ3v) is 3.31. The molecule has 1 N–H and O–H groups in total. The van der Waals surface area contributed by atoms with Crippen molar-refractivity contribution in [2.75, 3.05) is 14.2 Å². The van der Waals surface area contributed by atoms with Crippen LogP contribution in [0, 0.1) is 12.8 Å². The second-order valence-corrected chi connectivity index (χ2v) is 4.34. The minimum atomic E-state index is -0.728. The Morgan fingerprint density at radius 2 is 1.82 bits per heavy atom. The Morgan fingerprint density at radius 3 is 2.18 bits per heavy atom.